The predicted molar refractivity (Wildman–Crippen MR) is 34.7 cm³/mol. The number of fused-ring (bicyclic) bond motifs is 1. The lowest BCUT2D eigenvalue weighted by atomic mass is 10.1. The average molecular weight is 156 g/mol. The molecule has 2 aliphatic heterocycles. The summed E-state index contributed by atoms with van der Waals surface area (Å²) in [6.07, 6.45) is 0. The first kappa shape index (κ1) is 6.60. The second-order valence-electron chi connectivity index (χ2n) is 2.70. The number of hydrogen-bond donors (Lipinski definition) is 2. The zero-order valence-electron chi connectivity index (χ0n) is 5.79. The minimum atomic E-state index is -0.559. The summed E-state index contributed by atoms with van der Waals surface area (Å²) in [5.41, 5.74) is 0. The van der Waals surface area contributed by atoms with Crippen molar-refractivity contribution < 1.29 is 14.3 Å². The Bertz CT molecular complexity index is 194. The first-order valence-corrected chi connectivity index (χ1v) is 3.46. The molecule has 2 N–H and O–H groups in total. The molecular weight excluding hydrogens is 148 g/mol. The summed E-state index contributed by atoms with van der Waals surface area (Å²) >= 11 is 0. The standard InChI is InChI=1S/C6H8N2O3/c9-5-6(10)8-4-2-11-1-3(4)7-5/h3-4H,1-2H2,(H,7,9)(H,8,10). The first-order valence-electron chi connectivity index (χ1n) is 3.46. The Balaban J connectivity index is 2.12. The maximum Gasteiger partial charge on any atom is 0.309 e. The fourth-order valence-corrected chi connectivity index (χ4v) is 1.31. The highest BCUT2D eigenvalue weighted by atomic mass is 16.5. The van der Waals surface area contributed by atoms with Crippen molar-refractivity contribution in [3.05, 3.63) is 0 Å². The second-order valence-corrected chi connectivity index (χ2v) is 2.70. The minimum absolute atomic E-state index is 0.0276. The molecule has 2 aliphatic rings. The number of carbonyl (C=O) groups excluding carboxylic acids is 2. The van der Waals surface area contributed by atoms with Gasteiger partial charge in [0, 0.05) is 0 Å². The predicted octanol–water partition coefficient (Wildman–Crippen LogP) is -2.00. The fourth-order valence-electron chi connectivity index (χ4n) is 1.31. The molecule has 5 heteroatoms. The van der Waals surface area contributed by atoms with Gasteiger partial charge in [-0.1, -0.05) is 0 Å². The molecule has 2 atom stereocenters. The van der Waals surface area contributed by atoms with Gasteiger partial charge in [-0.25, -0.2) is 0 Å². The van der Waals surface area contributed by atoms with Crippen molar-refractivity contribution >= 4 is 11.8 Å². The fraction of sp³-hybridized carbons (Fsp3) is 0.667. The highest BCUT2D eigenvalue weighted by Gasteiger charge is 2.37. The maximum atomic E-state index is 10.8. The molecule has 2 rings (SSSR count). The Morgan fingerprint density at radius 1 is 1.09 bits per heavy atom. The summed E-state index contributed by atoms with van der Waals surface area (Å²) in [7, 11) is 0. The number of rotatable bonds is 0. The zero-order chi connectivity index (χ0) is 7.84. The third-order valence-electron chi connectivity index (χ3n) is 1.92. The third-order valence-corrected chi connectivity index (χ3v) is 1.92. The van der Waals surface area contributed by atoms with E-state index >= 15 is 0 Å². The minimum Gasteiger partial charge on any atom is -0.377 e. The maximum absolute atomic E-state index is 10.8. The Hall–Kier alpha value is -1.10. The van der Waals surface area contributed by atoms with Gasteiger partial charge in [0.2, 0.25) is 0 Å². The lowest BCUT2D eigenvalue weighted by molar-refractivity contribution is -0.142. The number of amides is 2. The monoisotopic (exact) mass is 156 g/mol. The van der Waals surface area contributed by atoms with E-state index in [1.54, 1.807) is 0 Å². The molecule has 2 unspecified atom stereocenters. The number of ether oxygens (including phenoxy) is 1. The SMILES string of the molecule is O=C1NC2COCC2NC1=O. The summed E-state index contributed by atoms with van der Waals surface area (Å²) in [5, 5.41) is 5.10. The van der Waals surface area contributed by atoms with Crippen LogP contribution in [0.1, 0.15) is 0 Å². The van der Waals surface area contributed by atoms with Gasteiger partial charge in [0.25, 0.3) is 0 Å². The first-order chi connectivity index (χ1) is 5.27. The lowest BCUT2D eigenvalue weighted by Crippen LogP contribution is -2.61. The van der Waals surface area contributed by atoms with Crippen molar-refractivity contribution in [2.24, 2.45) is 0 Å². The highest BCUT2D eigenvalue weighted by molar-refractivity contribution is 6.35. The lowest BCUT2D eigenvalue weighted by Gasteiger charge is -2.24. The van der Waals surface area contributed by atoms with Gasteiger partial charge >= 0.3 is 11.8 Å². The average Bonchev–Trinajstić information content (AvgIpc) is 2.36. The van der Waals surface area contributed by atoms with Gasteiger partial charge in [-0.2, -0.15) is 0 Å². The van der Waals surface area contributed by atoms with Crippen LogP contribution >= 0.6 is 0 Å². The molecule has 0 aliphatic carbocycles. The zero-order valence-corrected chi connectivity index (χ0v) is 5.79. The smallest absolute Gasteiger partial charge is 0.309 e. The molecule has 2 amide bonds. The van der Waals surface area contributed by atoms with E-state index in [1.165, 1.54) is 0 Å². The van der Waals surface area contributed by atoms with Crippen molar-refractivity contribution in [3.8, 4) is 0 Å². The molecule has 2 saturated heterocycles. The van der Waals surface area contributed by atoms with Crippen LogP contribution in [-0.2, 0) is 14.3 Å². The molecular formula is C6H8N2O3. The molecule has 2 heterocycles. The van der Waals surface area contributed by atoms with Gasteiger partial charge in [-0.3, -0.25) is 9.59 Å². The van der Waals surface area contributed by atoms with Gasteiger partial charge in [0.05, 0.1) is 25.3 Å². The summed E-state index contributed by atoms with van der Waals surface area (Å²) < 4.78 is 5.06. The number of nitrogens with one attached hydrogen (secondary N) is 2. The molecule has 5 nitrogen and oxygen atoms in total. The molecule has 0 radical (unpaired) electrons. The number of carbonyl (C=O) groups is 2. The van der Waals surface area contributed by atoms with E-state index in [0.29, 0.717) is 13.2 Å². The van der Waals surface area contributed by atoms with E-state index in [0.717, 1.165) is 0 Å². The van der Waals surface area contributed by atoms with E-state index < -0.39 is 11.8 Å². The normalized spacial score (nSPS) is 36.0. The summed E-state index contributed by atoms with van der Waals surface area (Å²) in [6, 6.07) is -0.0552. The number of piperazine rings is 1. The van der Waals surface area contributed by atoms with Gasteiger partial charge < -0.3 is 15.4 Å². The van der Waals surface area contributed by atoms with Crippen LogP contribution in [0.4, 0.5) is 0 Å². The van der Waals surface area contributed by atoms with Crippen LogP contribution in [0.15, 0.2) is 0 Å². The molecule has 0 aromatic carbocycles. The van der Waals surface area contributed by atoms with Crippen molar-refractivity contribution in [3.63, 3.8) is 0 Å². The van der Waals surface area contributed by atoms with Crippen LogP contribution in [-0.4, -0.2) is 37.1 Å². The Kier molecular flexibility index (Phi) is 1.32. The van der Waals surface area contributed by atoms with Crippen molar-refractivity contribution in [2.75, 3.05) is 13.2 Å². The molecule has 11 heavy (non-hydrogen) atoms. The van der Waals surface area contributed by atoms with E-state index in [4.69, 9.17) is 4.74 Å². The van der Waals surface area contributed by atoms with E-state index in [1.807, 2.05) is 0 Å². The van der Waals surface area contributed by atoms with Crippen LogP contribution in [0, 0.1) is 0 Å². The summed E-state index contributed by atoms with van der Waals surface area (Å²) in [6.45, 7) is 0.993. The molecule has 0 bridgehead atoms. The molecule has 60 valence electrons. The molecule has 0 spiro atoms. The van der Waals surface area contributed by atoms with Crippen molar-refractivity contribution in [1.82, 2.24) is 10.6 Å². The van der Waals surface area contributed by atoms with Gasteiger partial charge in [-0.05, 0) is 0 Å². The Morgan fingerprint density at radius 2 is 1.55 bits per heavy atom. The van der Waals surface area contributed by atoms with Gasteiger partial charge in [0.15, 0.2) is 0 Å². The van der Waals surface area contributed by atoms with E-state index in [9.17, 15) is 9.59 Å². The molecule has 0 saturated carbocycles. The Morgan fingerprint density at radius 3 is 2.00 bits per heavy atom. The highest BCUT2D eigenvalue weighted by Crippen LogP contribution is 2.08. The van der Waals surface area contributed by atoms with Crippen molar-refractivity contribution in [1.29, 1.82) is 0 Å². The van der Waals surface area contributed by atoms with Gasteiger partial charge in [0.1, 0.15) is 0 Å². The molecule has 0 aromatic rings. The van der Waals surface area contributed by atoms with Crippen molar-refractivity contribution in [2.45, 2.75) is 12.1 Å². The summed E-state index contributed by atoms with van der Waals surface area (Å²) in [5.74, 6) is -1.12. The van der Waals surface area contributed by atoms with Crippen LogP contribution in [0.25, 0.3) is 0 Å². The number of hydrogen-bond acceptors (Lipinski definition) is 3. The van der Waals surface area contributed by atoms with Gasteiger partial charge in [-0.15, -0.1) is 0 Å². The van der Waals surface area contributed by atoms with Crippen LogP contribution in [0.3, 0.4) is 0 Å². The largest absolute Gasteiger partial charge is 0.377 e. The molecule has 0 aromatic heterocycles. The summed E-state index contributed by atoms with van der Waals surface area (Å²) in [4.78, 5) is 21.5. The van der Waals surface area contributed by atoms with Crippen LogP contribution in [0.2, 0.25) is 0 Å². The quantitative estimate of drug-likeness (QED) is 0.398. The second kappa shape index (κ2) is 2.20. The van der Waals surface area contributed by atoms with E-state index in [2.05, 4.69) is 10.6 Å². The van der Waals surface area contributed by atoms with Crippen LogP contribution < -0.4 is 10.6 Å². The topological polar surface area (TPSA) is 67.4 Å². The van der Waals surface area contributed by atoms with E-state index in [-0.39, 0.29) is 12.1 Å². The van der Waals surface area contributed by atoms with Crippen LogP contribution in [0.5, 0.6) is 0 Å². The Labute approximate surface area is 63.1 Å². The molecule has 2 fully saturated rings. The third kappa shape index (κ3) is 0.970.